The van der Waals surface area contributed by atoms with Gasteiger partial charge in [0, 0.05) is 37.4 Å². The molecule has 0 amide bonds. The normalized spacial score (nSPS) is 11.2. The lowest BCUT2D eigenvalue weighted by Crippen LogP contribution is -2.36. The molecule has 0 atom stereocenters. The second kappa shape index (κ2) is 4.73. The molecule has 2 heterocycles. The van der Waals surface area contributed by atoms with Crippen LogP contribution >= 0.6 is 15.9 Å². The first kappa shape index (κ1) is 13.9. The lowest BCUT2D eigenvalue weighted by molar-refractivity contribution is 0.714. The minimum absolute atomic E-state index is 0.274. The van der Waals surface area contributed by atoms with Crippen molar-refractivity contribution in [3.05, 3.63) is 55.8 Å². The summed E-state index contributed by atoms with van der Waals surface area (Å²) in [4.78, 5) is 24.5. The molecule has 3 aromatic rings. The maximum atomic E-state index is 12.5. The number of hydrogen-bond acceptors (Lipinski definition) is 2. The molecule has 0 spiro atoms. The Kier molecular flexibility index (Phi) is 3.13. The van der Waals surface area contributed by atoms with Gasteiger partial charge in [0.25, 0.3) is 5.56 Å². The van der Waals surface area contributed by atoms with Crippen LogP contribution in [0.25, 0.3) is 22.2 Å². The van der Waals surface area contributed by atoms with Crippen LogP contribution in [0.1, 0.15) is 0 Å². The maximum Gasteiger partial charge on any atom is 0.330 e. The van der Waals surface area contributed by atoms with Gasteiger partial charge in [-0.15, -0.1) is 0 Å². The Balaban J connectivity index is 2.53. The first-order valence-electron chi connectivity index (χ1n) is 6.43. The van der Waals surface area contributed by atoms with Gasteiger partial charge >= 0.3 is 5.69 Å². The van der Waals surface area contributed by atoms with E-state index in [1.54, 1.807) is 7.05 Å². The Labute approximate surface area is 129 Å². The third-order valence-corrected chi connectivity index (χ3v) is 4.21. The summed E-state index contributed by atoms with van der Waals surface area (Å²) in [6.45, 7) is 0. The molecule has 3 rings (SSSR count). The van der Waals surface area contributed by atoms with Gasteiger partial charge in [0.1, 0.15) is 0 Å². The van der Waals surface area contributed by atoms with Crippen LogP contribution < -0.4 is 11.2 Å². The molecule has 0 aliphatic carbocycles. The van der Waals surface area contributed by atoms with Crippen molar-refractivity contribution in [2.45, 2.75) is 0 Å². The topological polar surface area (TPSA) is 48.9 Å². The van der Waals surface area contributed by atoms with Crippen LogP contribution in [0.15, 0.2) is 44.5 Å². The number of aryl methyl sites for hydroxylation is 2. The molecule has 0 saturated carbocycles. The van der Waals surface area contributed by atoms with Gasteiger partial charge < -0.3 is 4.57 Å². The summed E-state index contributed by atoms with van der Waals surface area (Å²) in [5, 5.41) is 0.556. The molecule has 0 radical (unpaired) electrons. The van der Waals surface area contributed by atoms with Crippen LogP contribution in [0.2, 0.25) is 0 Å². The van der Waals surface area contributed by atoms with Crippen molar-refractivity contribution < 1.29 is 0 Å². The minimum atomic E-state index is -0.320. The van der Waals surface area contributed by atoms with E-state index in [4.69, 9.17) is 0 Å². The zero-order valence-electron chi connectivity index (χ0n) is 11.9. The van der Waals surface area contributed by atoms with Crippen molar-refractivity contribution in [3.8, 4) is 11.3 Å². The average Bonchev–Trinajstić information content (AvgIpc) is 2.80. The largest absolute Gasteiger partial charge is 0.348 e. The predicted octanol–water partition coefficient (Wildman–Crippen LogP) is 2.01. The fraction of sp³-hybridized carbons (Fsp3) is 0.200. The Hall–Kier alpha value is -2.08. The zero-order valence-corrected chi connectivity index (χ0v) is 13.5. The Bertz CT molecular complexity index is 979. The van der Waals surface area contributed by atoms with Gasteiger partial charge in [-0.25, -0.2) is 4.79 Å². The predicted molar refractivity (Wildman–Crippen MR) is 86.5 cm³/mol. The van der Waals surface area contributed by atoms with E-state index in [0.29, 0.717) is 10.9 Å². The molecular weight excluding hydrogens is 334 g/mol. The minimum Gasteiger partial charge on any atom is -0.348 e. The van der Waals surface area contributed by atoms with Crippen molar-refractivity contribution >= 4 is 26.8 Å². The highest BCUT2D eigenvalue weighted by atomic mass is 79.9. The zero-order chi connectivity index (χ0) is 15.3. The van der Waals surface area contributed by atoms with Crippen LogP contribution in [0.3, 0.4) is 0 Å². The van der Waals surface area contributed by atoms with E-state index in [1.807, 2.05) is 42.1 Å². The monoisotopic (exact) mass is 347 g/mol. The smallest absolute Gasteiger partial charge is 0.330 e. The van der Waals surface area contributed by atoms with Crippen molar-refractivity contribution in [1.82, 2.24) is 13.7 Å². The third-order valence-electron chi connectivity index (χ3n) is 3.71. The van der Waals surface area contributed by atoms with Crippen LogP contribution in [-0.4, -0.2) is 13.7 Å². The second-order valence-electron chi connectivity index (χ2n) is 5.06. The number of hydrogen-bond donors (Lipinski definition) is 0. The summed E-state index contributed by atoms with van der Waals surface area (Å²) in [6.07, 6.45) is 1.81. The van der Waals surface area contributed by atoms with E-state index in [1.165, 1.54) is 11.6 Å². The van der Waals surface area contributed by atoms with Gasteiger partial charge in [-0.05, 0) is 12.1 Å². The number of nitrogens with zero attached hydrogens (tertiary/aromatic N) is 3. The summed E-state index contributed by atoms with van der Waals surface area (Å²) in [6, 6.07) is 7.76. The molecule has 21 heavy (non-hydrogen) atoms. The highest BCUT2D eigenvalue weighted by Gasteiger charge is 2.17. The van der Waals surface area contributed by atoms with Crippen LogP contribution in [0, 0.1) is 0 Å². The van der Waals surface area contributed by atoms with Crippen molar-refractivity contribution in [3.63, 3.8) is 0 Å². The standard InChI is InChI=1S/C15H14BrN3O2/c1-17-8-11-12(14(20)19(3)15(21)18(11)2)13(17)9-5-4-6-10(16)7-9/h4-8H,1-3H3. The van der Waals surface area contributed by atoms with E-state index in [0.717, 1.165) is 20.3 Å². The number of fused-ring (bicyclic) bond motifs is 1. The fourth-order valence-corrected chi connectivity index (χ4v) is 3.04. The van der Waals surface area contributed by atoms with E-state index in [-0.39, 0.29) is 11.2 Å². The molecule has 5 nitrogen and oxygen atoms in total. The molecular formula is C15H14BrN3O2. The number of halogens is 1. The third kappa shape index (κ3) is 1.98. The quantitative estimate of drug-likeness (QED) is 0.676. The lowest BCUT2D eigenvalue weighted by atomic mass is 10.1. The SMILES string of the molecule is Cn1cc2c(c1-c1cccc(Br)c1)c(=O)n(C)c(=O)n2C. The fourth-order valence-electron chi connectivity index (χ4n) is 2.64. The van der Waals surface area contributed by atoms with Gasteiger partial charge in [-0.1, -0.05) is 28.1 Å². The van der Waals surface area contributed by atoms with Crippen molar-refractivity contribution in [1.29, 1.82) is 0 Å². The summed E-state index contributed by atoms with van der Waals surface area (Å²) in [5.74, 6) is 0. The van der Waals surface area contributed by atoms with Crippen LogP contribution in [0.4, 0.5) is 0 Å². The number of benzene rings is 1. The van der Waals surface area contributed by atoms with E-state index >= 15 is 0 Å². The van der Waals surface area contributed by atoms with Gasteiger partial charge in [0.05, 0.1) is 16.6 Å². The van der Waals surface area contributed by atoms with Crippen molar-refractivity contribution in [2.24, 2.45) is 21.1 Å². The molecule has 0 N–H and O–H groups in total. The molecule has 2 aromatic heterocycles. The second-order valence-corrected chi connectivity index (χ2v) is 5.98. The first-order valence-corrected chi connectivity index (χ1v) is 7.22. The molecule has 0 fully saturated rings. The van der Waals surface area contributed by atoms with Gasteiger partial charge in [0.2, 0.25) is 0 Å². The molecule has 0 aliphatic rings. The summed E-state index contributed by atoms with van der Waals surface area (Å²) < 4.78 is 5.46. The maximum absolute atomic E-state index is 12.5. The molecule has 0 saturated heterocycles. The van der Waals surface area contributed by atoms with Gasteiger partial charge in [0.15, 0.2) is 0 Å². The van der Waals surface area contributed by atoms with Gasteiger partial charge in [-0.3, -0.25) is 13.9 Å². The molecule has 0 unspecified atom stereocenters. The molecule has 108 valence electrons. The van der Waals surface area contributed by atoms with E-state index in [9.17, 15) is 9.59 Å². The Morgan fingerprint density at radius 1 is 1.05 bits per heavy atom. The van der Waals surface area contributed by atoms with Crippen LogP contribution in [-0.2, 0) is 21.1 Å². The van der Waals surface area contributed by atoms with E-state index < -0.39 is 0 Å². The molecule has 0 aliphatic heterocycles. The lowest BCUT2D eigenvalue weighted by Gasteiger charge is -2.06. The van der Waals surface area contributed by atoms with E-state index in [2.05, 4.69) is 15.9 Å². The molecule has 0 bridgehead atoms. The summed E-state index contributed by atoms with van der Waals surface area (Å²) >= 11 is 3.45. The highest BCUT2D eigenvalue weighted by Crippen LogP contribution is 2.28. The molecule has 6 heteroatoms. The summed E-state index contributed by atoms with van der Waals surface area (Å²) in [7, 11) is 5.05. The van der Waals surface area contributed by atoms with Crippen molar-refractivity contribution in [2.75, 3.05) is 0 Å². The number of rotatable bonds is 1. The van der Waals surface area contributed by atoms with Crippen LogP contribution in [0.5, 0.6) is 0 Å². The Morgan fingerprint density at radius 3 is 2.43 bits per heavy atom. The summed E-state index contributed by atoms with van der Waals surface area (Å²) in [5.41, 5.74) is 1.78. The average molecular weight is 348 g/mol. The first-order chi connectivity index (χ1) is 9.91. The highest BCUT2D eigenvalue weighted by molar-refractivity contribution is 9.10. The number of aromatic nitrogens is 3. The molecule has 1 aromatic carbocycles. The Morgan fingerprint density at radius 2 is 1.76 bits per heavy atom. The van der Waals surface area contributed by atoms with Gasteiger partial charge in [-0.2, -0.15) is 0 Å².